The first kappa shape index (κ1) is 16.3. The zero-order valence-electron chi connectivity index (χ0n) is 12.7. The molecule has 0 spiro atoms. The van der Waals surface area contributed by atoms with Crippen LogP contribution in [-0.2, 0) is 11.8 Å². The number of alkyl halides is 2. The Balaban J connectivity index is 1.96. The van der Waals surface area contributed by atoms with E-state index in [1.807, 2.05) is 0 Å². The molecule has 3 rings (SSSR count). The Hall–Kier alpha value is -1.59. The predicted molar refractivity (Wildman–Crippen MR) is 86.8 cm³/mol. The molecule has 122 valence electrons. The van der Waals surface area contributed by atoms with Gasteiger partial charge in [0.1, 0.15) is 22.0 Å². The van der Waals surface area contributed by atoms with Crippen molar-refractivity contribution < 1.29 is 9.18 Å². The number of aryl methyl sites for hydroxylation is 1. The summed E-state index contributed by atoms with van der Waals surface area (Å²) in [5.41, 5.74) is -0.542. The number of hydrogen-bond donors (Lipinski definition) is 1. The monoisotopic (exact) mass is 355 g/mol. The molecule has 1 aliphatic rings. The molecule has 0 aliphatic heterocycles. The fraction of sp³-hybridized carbons (Fsp3) is 0.375. The molecule has 0 unspecified atom stereocenters. The number of nitrogens with one attached hydrogen (secondary N) is 1. The predicted octanol–water partition coefficient (Wildman–Crippen LogP) is 3.35. The molecule has 0 bridgehead atoms. The third kappa shape index (κ3) is 2.72. The summed E-state index contributed by atoms with van der Waals surface area (Å²) in [7, 11) is 1.79. The third-order valence-corrected chi connectivity index (χ3v) is 5.47. The normalized spacial score (nSPS) is 23.3. The van der Waals surface area contributed by atoms with Gasteiger partial charge in [-0.25, -0.2) is 9.37 Å². The Morgan fingerprint density at radius 1 is 1.43 bits per heavy atom. The molecule has 2 aromatic rings. The fourth-order valence-electron chi connectivity index (χ4n) is 2.58. The molecule has 7 heteroatoms. The molecule has 1 aliphatic carbocycles. The minimum absolute atomic E-state index is 0.321. The second-order valence-electron chi connectivity index (χ2n) is 6.04. The Bertz CT molecular complexity index is 761. The molecule has 1 aromatic heterocycles. The van der Waals surface area contributed by atoms with Crippen LogP contribution in [0.4, 0.5) is 4.39 Å². The molecule has 1 N–H and O–H groups in total. The lowest BCUT2D eigenvalue weighted by atomic mass is 10.0. The van der Waals surface area contributed by atoms with Crippen LogP contribution in [0.5, 0.6) is 0 Å². The average molecular weight is 356 g/mol. The van der Waals surface area contributed by atoms with E-state index in [-0.39, 0.29) is 5.91 Å². The summed E-state index contributed by atoms with van der Waals surface area (Å²) in [6, 6.07) is 5.57. The quantitative estimate of drug-likeness (QED) is 0.854. The number of rotatable bonds is 4. The highest BCUT2D eigenvalue weighted by molar-refractivity contribution is 6.53. The number of nitrogens with zero attached hydrogens (tertiary/aromatic N) is 2. The van der Waals surface area contributed by atoms with Crippen LogP contribution >= 0.6 is 23.2 Å². The molecule has 2 atom stereocenters. The van der Waals surface area contributed by atoms with E-state index >= 15 is 0 Å². The first-order valence-corrected chi connectivity index (χ1v) is 7.92. The summed E-state index contributed by atoms with van der Waals surface area (Å²) in [5.74, 6) is -0.203. The zero-order chi connectivity index (χ0) is 16.8. The van der Waals surface area contributed by atoms with E-state index < -0.39 is 21.6 Å². The van der Waals surface area contributed by atoms with Gasteiger partial charge in [-0.3, -0.25) is 4.79 Å². The molecule has 0 saturated heterocycles. The van der Waals surface area contributed by atoms with E-state index in [0.717, 1.165) is 0 Å². The standard InChI is InChI=1S/C16H16Cl2FN3O/c1-15(9-16(15,17)18)14(23)21-12(13-20-7-8-22(13)2)10-5-3-4-6-11(10)19/h3-8,12H,9H2,1-2H3,(H,21,23)/t12-,15+/m0/s1. The topological polar surface area (TPSA) is 46.9 Å². The molecule has 1 fully saturated rings. The largest absolute Gasteiger partial charge is 0.341 e. The summed E-state index contributed by atoms with van der Waals surface area (Å²) in [6.45, 7) is 1.69. The van der Waals surface area contributed by atoms with Crippen molar-refractivity contribution in [3.63, 3.8) is 0 Å². The molecule has 4 nitrogen and oxygen atoms in total. The maximum Gasteiger partial charge on any atom is 0.229 e. The lowest BCUT2D eigenvalue weighted by molar-refractivity contribution is -0.126. The lowest BCUT2D eigenvalue weighted by Gasteiger charge is -2.22. The van der Waals surface area contributed by atoms with E-state index in [1.54, 1.807) is 49.1 Å². The van der Waals surface area contributed by atoms with Crippen molar-refractivity contribution in [3.05, 3.63) is 53.9 Å². The molecule has 23 heavy (non-hydrogen) atoms. The summed E-state index contributed by atoms with van der Waals surface area (Å²) >= 11 is 12.1. The molecule has 1 saturated carbocycles. The lowest BCUT2D eigenvalue weighted by Crippen LogP contribution is -2.38. The molecule has 1 amide bonds. The van der Waals surface area contributed by atoms with Gasteiger partial charge in [-0.15, -0.1) is 23.2 Å². The van der Waals surface area contributed by atoms with Gasteiger partial charge in [0.15, 0.2) is 0 Å². The van der Waals surface area contributed by atoms with Gasteiger partial charge in [0.05, 0.1) is 5.41 Å². The van der Waals surface area contributed by atoms with Gasteiger partial charge in [-0.1, -0.05) is 18.2 Å². The first-order chi connectivity index (χ1) is 10.8. The van der Waals surface area contributed by atoms with Gasteiger partial charge in [0.2, 0.25) is 5.91 Å². The van der Waals surface area contributed by atoms with Gasteiger partial charge < -0.3 is 9.88 Å². The highest BCUT2D eigenvalue weighted by Crippen LogP contribution is 2.64. The maximum absolute atomic E-state index is 14.2. The molecule has 1 aromatic carbocycles. The summed E-state index contributed by atoms with van der Waals surface area (Å²) in [6.07, 6.45) is 3.70. The minimum Gasteiger partial charge on any atom is -0.341 e. The number of carbonyl (C=O) groups is 1. The second-order valence-corrected chi connectivity index (χ2v) is 7.52. The Morgan fingerprint density at radius 3 is 2.61 bits per heavy atom. The van der Waals surface area contributed by atoms with Crippen LogP contribution < -0.4 is 5.32 Å². The van der Waals surface area contributed by atoms with E-state index in [4.69, 9.17) is 23.2 Å². The van der Waals surface area contributed by atoms with Crippen LogP contribution in [0.25, 0.3) is 0 Å². The van der Waals surface area contributed by atoms with Crippen molar-refractivity contribution in [3.8, 4) is 0 Å². The van der Waals surface area contributed by atoms with Crippen LogP contribution in [0, 0.1) is 11.2 Å². The number of amides is 1. The number of halogens is 3. The Labute approximate surface area is 143 Å². The van der Waals surface area contributed by atoms with Gasteiger partial charge in [-0.05, 0) is 19.4 Å². The molecule has 1 heterocycles. The average Bonchev–Trinajstić information content (AvgIpc) is 2.81. The van der Waals surface area contributed by atoms with Crippen molar-refractivity contribution >= 4 is 29.1 Å². The summed E-state index contributed by atoms with van der Waals surface area (Å²) in [5, 5.41) is 2.84. The number of imidazole rings is 1. The van der Waals surface area contributed by atoms with Crippen molar-refractivity contribution in [2.24, 2.45) is 12.5 Å². The van der Waals surface area contributed by atoms with Gasteiger partial charge in [-0.2, -0.15) is 0 Å². The number of hydrogen-bond acceptors (Lipinski definition) is 2. The van der Waals surface area contributed by atoms with E-state index in [9.17, 15) is 9.18 Å². The summed E-state index contributed by atoms with van der Waals surface area (Å²) in [4.78, 5) is 16.8. The number of benzene rings is 1. The Morgan fingerprint density at radius 2 is 2.09 bits per heavy atom. The van der Waals surface area contributed by atoms with Gasteiger partial charge in [0.25, 0.3) is 0 Å². The van der Waals surface area contributed by atoms with E-state index in [0.29, 0.717) is 17.8 Å². The van der Waals surface area contributed by atoms with Gasteiger partial charge in [0, 0.05) is 25.0 Å². The second kappa shape index (κ2) is 5.49. The van der Waals surface area contributed by atoms with Crippen LogP contribution in [0.15, 0.2) is 36.7 Å². The first-order valence-electron chi connectivity index (χ1n) is 7.17. The highest BCUT2D eigenvalue weighted by atomic mass is 35.5. The van der Waals surface area contributed by atoms with Crippen LogP contribution in [-0.4, -0.2) is 19.8 Å². The molecular weight excluding hydrogens is 340 g/mol. The zero-order valence-corrected chi connectivity index (χ0v) is 14.2. The fourth-order valence-corrected chi connectivity index (χ4v) is 3.29. The van der Waals surface area contributed by atoms with E-state index in [1.165, 1.54) is 6.07 Å². The number of aromatic nitrogens is 2. The minimum atomic E-state index is -1.08. The highest BCUT2D eigenvalue weighted by Gasteiger charge is 2.68. The van der Waals surface area contributed by atoms with E-state index in [2.05, 4.69) is 10.3 Å². The smallest absolute Gasteiger partial charge is 0.229 e. The van der Waals surface area contributed by atoms with Crippen molar-refractivity contribution in [1.82, 2.24) is 14.9 Å². The van der Waals surface area contributed by atoms with Crippen molar-refractivity contribution in [2.45, 2.75) is 23.7 Å². The van der Waals surface area contributed by atoms with Crippen LogP contribution in [0.1, 0.15) is 30.8 Å². The Kier molecular flexibility index (Phi) is 3.89. The number of carbonyl (C=O) groups excluding carboxylic acids is 1. The SMILES string of the molecule is Cn1ccnc1[C@@H](NC(=O)[C@@]1(C)CC1(Cl)Cl)c1ccccc1F. The van der Waals surface area contributed by atoms with Gasteiger partial charge >= 0.3 is 0 Å². The van der Waals surface area contributed by atoms with Crippen molar-refractivity contribution in [2.75, 3.05) is 0 Å². The van der Waals surface area contributed by atoms with Crippen molar-refractivity contribution in [1.29, 1.82) is 0 Å². The molecular formula is C16H16Cl2FN3O. The third-order valence-electron chi connectivity index (χ3n) is 4.37. The maximum atomic E-state index is 14.2. The summed E-state index contributed by atoms with van der Waals surface area (Å²) < 4.78 is 14.9. The van der Waals surface area contributed by atoms with Crippen LogP contribution in [0.3, 0.4) is 0 Å². The molecule has 0 radical (unpaired) electrons. The van der Waals surface area contributed by atoms with Crippen LogP contribution in [0.2, 0.25) is 0 Å².